The van der Waals surface area contributed by atoms with Crippen molar-refractivity contribution in [2.75, 3.05) is 0 Å². The second-order valence-electron chi connectivity index (χ2n) is 4.01. The Balaban J connectivity index is 2.95. The molecule has 0 unspecified atom stereocenters. The lowest BCUT2D eigenvalue weighted by Gasteiger charge is -2.00. The first-order valence-corrected chi connectivity index (χ1v) is 5.57. The van der Waals surface area contributed by atoms with E-state index in [0.717, 1.165) is 0 Å². The summed E-state index contributed by atoms with van der Waals surface area (Å²) < 4.78 is 0. The smallest absolute Gasteiger partial charge is 0.0152 e. The number of hydrogen-bond acceptors (Lipinski definition) is 0. The Hall–Kier alpha value is -1.82. The van der Waals surface area contributed by atoms with Crippen molar-refractivity contribution < 1.29 is 0 Å². The molecule has 80 valence electrons. The number of benzene rings is 1. The molecular weight excluding hydrogens is 192 g/mol. The molecule has 0 aliphatic heterocycles. The maximum absolute atomic E-state index is 2.18. The van der Waals surface area contributed by atoms with E-state index in [-0.39, 0.29) is 0 Å². The Morgan fingerprint density at radius 3 is 1.31 bits per heavy atom. The van der Waals surface area contributed by atoms with Gasteiger partial charge in [-0.2, -0.15) is 0 Å². The maximum Gasteiger partial charge on any atom is -0.0152 e. The van der Waals surface area contributed by atoms with Crippen LogP contribution in [0.3, 0.4) is 0 Å². The first kappa shape index (κ1) is 10.7. The third-order valence-corrected chi connectivity index (χ3v) is 2.80. The number of hydrogen-bond donors (Lipinski definition) is 0. The molecule has 2 aromatic rings. The molecule has 0 aliphatic rings. The van der Waals surface area contributed by atoms with Gasteiger partial charge in [0.25, 0.3) is 0 Å². The topological polar surface area (TPSA) is 0 Å². The van der Waals surface area contributed by atoms with E-state index in [1.165, 1.54) is 21.9 Å². The Morgan fingerprint density at radius 2 is 0.875 bits per heavy atom. The predicted octanol–water partition coefficient (Wildman–Crippen LogP) is 4.58. The number of rotatable bonds is 0. The van der Waals surface area contributed by atoms with Crippen LogP contribution in [-0.4, -0.2) is 0 Å². The van der Waals surface area contributed by atoms with Crippen molar-refractivity contribution in [3.05, 3.63) is 71.8 Å². The van der Waals surface area contributed by atoms with Gasteiger partial charge in [0, 0.05) is 0 Å². The quantitative estimate of drug-likeness (QED) is 0.594. The lowest BCUT2D eigenvalue weighted by molar-refractivity contribution is 1.50. The van der Waals surface area contributed by atoms with Crippen LogP contribution in [0.2, 0.25) is 0 Å². The fourth-order valence-corrected chi connectivity index (χ4v) is 1.88. The van der Waals surface area contributed by atoms with Gasteiger partial charge in [0.2, 0.25) is 0 Å². The first-order chi connectivity index (χ1) is 7.79. The molecule has 0 radical (unpaired) electrons. The summed E-state index contributed by atoms with van der Waals surface area (Å²) in [4.78, 5) is 0. The minimum absolute atomic E-state index is 1.30. The van der Waals surface area contributed by atoms with Crippen LogP contribution in [0.25, 0.3) is 10.8 Å². The number of aryl methyl sites for hydroxylation is 2. The summed E-state index contributed by atoms with van der Waals surface area (Å²) in [5.74, 6) is 0. The summed E-state index contributed by atoms with van der Waals surface area (Å²) in [5.41, 5.74) is 2.60. The van der Waals surface area contributed by atoms with Crippen LogP contribution in [0, 0.1) is 13.8 Å². The molecule has 0 nitrogen and oxygen atoms in total. The molecule has 0 spiro atoms. The minimum atomic E-state index is 1.30. The highest BCUT2D eigenvalue weighted by atomic mass is 14.0. The molecule has 0 heteroatoms. The van der Waals surface area contributed by atoms with E-state index < -0.39 is 0 Å². The Labute approximate surface area is 96.9 Å². The molecular formula is C16H16. The van der Waals surface area contributed by atoms with Gasteiger partial charge in [-0.3, -0.25) is 0 Å². The summed E-state index contributed by atoms with van der Waals surface area (Å²) in [6.45, 7) is 4.31. The van der Waals surface area contributed by atoms with Crippen molar-refractivity contribution in [2.24, 2.45) is 0 Å². The lowest BCUT2D eigenvalue weighted by atomic mass is 10.0. The molecule has 0 saturated carbocycles. The second-order valence-corrected chi connectivity index (χ2v) is 4.01. The van der Waals surface area contributed by atoms with Gasteiger partial charge in [-0.25, -0.2) is 0 Å². The van der Waals surface area contributed by atoms with Crippen molar-refractivity contribution >= 4 is 10.8 Å². The molecule has 0 saturated heterocycles. The number of fused-ring (bicyclic) bond motifs is 1. The Bertz CT molecular complexity index is 500. The van der Waals surface area contributed by atoms with Gasteiger partial charge in [-0.15, -0.1) is 0 Å². The summed E-state index contributed by atoms with van der Waals surface area (Å²) in [7, 11) is 0. The molecule has 0 aliphatic carbocycles. The standard InChI is InChI=1S/C16H16/c1-13-9-5-3-4-6-10-14(2)16-12-8-7-11-15(13)16/h3-12H,1-2H3. The third-order valence-electron chi connectivity index (χ3n) is 2.80. The zero-order valence-electron chi connectivity index (χ0n) is 9.77. The van der Waals surface area contributed by atoms with Crippen molar-refractivity contribution in [3.63, 3.8) is 0 Å². The van der Waals surface area contributed by atoms with Crippen molar-refractivity contribution in [3.8, 4) is 0 Å². The van der Waals surface area contributed by atoms with Crippen molar-refractivity contribution in [2.45, 2.75) is 13.8 Å². The lowest BCUT2D eigenvalue weighted by Crippen LogP contribution is -1.77. The van der Waals surface area contributed by atoms with E-state index in [1.54, 1.807) is 0 Å². The van der Waals surface area contributed by atoms with E-state index in [2.05, 4.69) is 74.5 Å². The highest BCUT2D eigenvalue weighted by molar-refractivity contribution is 5.86. The summed E-state index contributed by atoms with van der Waals surface area (Å²) in [5, 5.41) is 2.63. The van der Waals surface area contributed by atoms with E-state index in [0.29, 0.717) is 0 Å². The molecule has 0 N–H and O–H groups in total. The highest BCUT2D eigenvalue weighted by Crippen LogP contribution is 2.18. The molecule has 0 fully saturated rings. The zero-order valence-corrected chi connectivity index (χ0v) is 9.77. The van der Waals surface area contributed by atoms with Gasteiger partial charge in [0.1, 0.15) is 0 Å². The predicted molar refractivity (Wildman–Crippen MR) is 71.1 cm³/mol. The van der Waals surface area contributed by atoms with Crippen LogP contribution < -0.4 is 0 Å². The van der Waals surface area contributed by atoms with Crippen LogP contribution in [0.15, 0.2) is 60.7 Å². The largest absolute Gasteiger partial charge is 0.0623 e. The molecule has 2 aromatic carbocycles. The van der Waals surface area contributed by atoms with Crippen LogP contribution in [0.5, 0.6) is 0 Å². The SMILES string of the molecule is Cc1ccccccc(C)c2ccccc12. The van der Waals surface area contributed by atoms with Gasteiger partial charge in [-0.1, -0.05) is 60.7 Å². The fraction of sp³-hybridized carbons (Fsp3) is 0.125. The maximum atomic E-state index is 2.18. The van der Waals surface area contributed by atoms with Gasteiger partial charge in [0.05, 0.1) is 0 Å². The van der Waals surface area contributed by atoms with E-state index in [4.69, 9.17) is 0 Å². The Kier molecular flexibility index (Phi) is 3.21. The van der Waals surface area contributed by atoms with E-state index >= 15 is 0 Å². The van der Waals surface area contributed by atoms with Crippen molar-refractivity contribution in [1.82, 2.24) is 0 Å². The van der Waals surface area contributed by atoms with Crippen LogP contribution in [0.1, 0.15) is 11.1 Å². The molecule has 2 rings (SSSR count). The summed E-state index contributed by atoms with van der Waals surface area (Å²) in [6, 6.07) is 21.1. The van der Waals surface area contributed by atoms with Crippen LogP contribution in [0.4, 0.5) is 0 Å². The normalized spacial score (nSPS) is 9.88. The minimum Gasteiger partial charge on any atom is -0.0623 e. The molecule has 16 heavy (non-hydrogen) atoms. The molecule has 0 bridgehead atoms. The average Bonchev–Trinajstić information content (AvgIpc) is 2.32. The average molecular weight is 208 g/mol. The van der Waals surface area contributed by atoms with E-state index in [1.807, 2.05) is 0 Å². The monoisotopic (exact) mass is 208 g/mol. The molecule has 0 heterocycles. The van der Waals surface area contributed by atoms with Crippen molar-refractivity contribution in [1.29, 1.82) is 0 Å². The zero-order chi connectivity index (χ0) is 11.4. The summed E-state index contributed by atoms with van der Waals surface area (Å²) >= 11 is 0. The second kappa shape index (κ2) is 4.80. The van der Waals surface area contributed by atoms with Gasteiger partial charge < -0.3 is 0 Å². The summed E-state index contributed by atoms with van der Waals surface area (Å²) in [6.07, 6.45) is 0. The third kappa shape index (κ3) is 2.22. The fourth-order valence-electron chi connectivity index (χ4n) is 1.88. The van der Waals surface area contributed by atoms with Crippen LogP contribution in [-0.2, 0) is 0 Å². The Morgan fingerprint density at radius 1 is 0.500 bits per heavy atom. The van der Waals surface area contributed by atoms with Gasteiger partial charge in [-0.05, 0) is 35.7 Å². The molecule has 0 atom stereocenters. The van der Waals surface area contributed by atoms with Gasteiger partial charge in [0.15, 0.2) is 0 Å². The molecule has 0 amide bonds. The first-order valence-electron chi connectivity index (χ1n) is 5.57. The highest BCUT2D eigenvalue weighted by Gasteiger charge is 1.94. The molecule has 0 aromatic heterocycles. The van der Waals surface area contributed by atoms with E-state index in [9.17, 15) is 0 Å². The van der Waals surface area contributed by atoms with Crippen LogP contribution >= 0.6 is 0 Å². The van der Waals surface area contributed by atoms with Gasteiger partial charge >= 0.3 is 0 Å².